The van der Waals surface area contributed by atoms with E-state index < -0.39 is 10.0 Å². The first-order valence-electron chi connectivity index (χ1n) is 9.42. The van der Waals surface area contributed by atoms with Crippen LogP contribution in [0.25, 0.3) is 0 Å². The Bertz CT molecular complexity index is 897. The molecule has 8 heteroatoms. The fourth-order valence-electron chi connectivity index (χ4n) is 3.77. The lowest BCUT2D eigenvalue weighted by Crippen LogP contribution is -2.40. The Morgan fingerprint density at radius 1 is 1.29 bits per heavy atom. The van der Waals surface area contributed by atoms with Crippen LogP contribution in [-0.4, -0.2) is 50.0 Å². The molecule has 28 heavy (non-hydrogen) atoms. The summed E-state index contributed by atoms with van der Waals surface area (Å²) in [5, 5.41) is 12.9. The fourth-order valence-corrected chi connectivity index (χ4v) is 5.21. The number of sulfonamides is 1. The number of rotatable bonds is 5. The molecule has 2 unspecified atom stereocenters. The van der Waals surface area contributed by atoms with Crippen LogP contribution in [0.4, 0.5) is 5.69 Å². The number of aromatic hydroxyl groups is 1. The molecule has 1 heterocycles. The average molecular weight is 409 g/mol. The summed E-state index contributed by atoms with van der Waals surface area (Å²) in [7, 11) is -3.71. The summed E-state index contributed by atoms with van der Waals surface area (Å²) in [6, 6.07) is 3.97. The molecule has 1 aliphatic heterocycles. The van der Waals surface area contributed by atoms with Crippen LogP contribution in [0.15, 0.2) is 34.7 Å². The van der Waals surface area contributed by atoms with Gasteiger partial charge in [0.15, 0.2) is 0 Å². The molecule has 1 saturated heterocycles. The number of hydrogen-bond donors (Lipinski definition) is 2. The zero-order valence-electron chi connectivity index (χ0n) is 16.7. The van der Waals surface area contributed by atoms with Crippen molar-refractivity contribution in [3.63, 3.8) is 0 Å². The third kappa shape index (κ3) is 3.94. The van der Waals surface area contributed by atoms with Crippen LogP contribution < -0.4 is 5.32 Å². The minimum absolute atomic E-state index is 0.0402. The van der Waals surface area contributed by atoms with E-state index >= 15 is 0 Å². The van der Waals surface area contributed by atoms with E-state index in [2.05, 4.69) is 11.4 Å². The number of carbonyl (C=O) groups excluding carboxylic acids is 1. The highest BCUT2D eigenvalue weighted by Crippen LogP contribution is 2.59. The zero-order valence-corrected chi connectivity index (χ0v) is 17.5. The molecule has 1 aromatic rings. The SMILES string of the molecule is CC(C)=CC1C(C(=O)Nc2cc(S(=O)(=O)N3CCOCC3)ccc2O)C1(C)C. The van der Waals surface area contributed by atoms with Crippen molar-refractivity contribution in [1.29, 1.82) is 0 Å². The highest BCUT2D eigenvalue weighted by molar-refractivity contribution is 7.89. The molecule has 2 fully saturated rings. The van der Waals surface area contributed by atoms with Crippen LogP contribution in [0.1, 0.15) is 27.7 Å². The molecule has 154 valence electrons. The molecule has 1 aliphatic carbocycles. The molecule has 1 saturated carbocycles. The van der Waals surface area contributed by atoms with Gasteiger partial charge in [-0.3, -0.25) is 4.79 Å². The second-order valence-corrected chi connectivity index (χ2v) is 10.2. The van der Waals surface area contributed by atoms with Crippen LogP contribution >= 0.6 is 0 Å². The van der Waals surface area contributed by atoms with Gasteiger partial charge in [0.2, 0.25) is 15.9 Å². The van der Waals surface area contributed by atoms with Crippen molar-refractivity contribution >= 4 is 21.6 Å². The van der Waals surface area contributed by atoms with Crippen molar-refractivity contribution in [3.05, 3.63) is 29.8 Å². The van der Waals surface area contributed by atoms with Gasteiger partial charge in [-0.15, -0.1) is 0 Å². The molecule has 0 radical (unpaired) electrons. The van der Waals surface area contributed by atoms with E-state index in [1.165, 1.54) is 22.5 Å². The third-order valence-electron chi connectivity index (χ3n) is 5.54. The standard InChI is InChI=1S/C20H28N2O5S/c1-13(2)11-15-18(20(15,3)4)19(24)21-16-12-14(5-6-17(16)23)28(25,26)22-7-9-27-10-8-22/h5-6,11-12,15,18,23H,7-10H2,1-4H3,(H,21,24). The summed E-state index contributed by atoms with van der Waals surface area (Å²) in [4.78, 5) is 12.8. The molecule has 2 aliphatic rings. The highest BCUT2D eigenvalue weighted by Gasteiger charge is 2.60. The molecule has 2 atom stereocenters. The molecule has 1 aromatic carbocycles. The Kier molecular flexibility index (Phi) is 5.58. The number of phenolic OH excluding ortho intramolecular Hbond substituents is 1. The minimum Gasteiger partial charge on any atom is -0.506 e. The largest absolute Gasteiger partial charge is 0.506 e. The van der Waals surface area contributed by atoms with Crippen LogP contribution in [0.3, 0.4) is 0 Å². The van der Waals surface area contributed by atoms with Gasteiger partial charge in [-0.25, -0.2) is 8.42 Å². The first kappa shape index (κ1) is 20.8. The molecular formula is C20H28N2O5S. The van der Waals surface area contributed by atoms with E-state index in [1.54, 1.807) is 0 Å². The van der Waals surface area contributed by atoms with Crippen LogP contribution in [0.2, 0.25) is 0 Å². The highest BCUT2D eigenvalue weighted by atomic mass is 32.2. The van der Waals surface area contributed by atoms with E-state index in [4.69, 9.17) is 4.74 Å². The maximum Gasteiger partial charge on any atom is 0.243 e. The predicted octanol–water partition coefficient (Wildman–Crippen LogP) is 2.59. The van der Waals surface area contributed by atoms with Crippen molar-refractivity contribution in [2.24, 2.45) is 17.3 Å². The van der Waals surface area contributed by atoms with E-state index in [0.29, 0.717) is 13.2 Å². The number of ether oxygens (including phenoxy) is 1. The van der Waals surface area contributed by atoms with Crippen molar-refractivity contribution in [3.8, 4) is 5.75 Å². The Labute approximate surface area is 166 Å². The molecule has 2 N–H and O–H groups in total. The van der Waals surface area contributed by atoms with Crippen LogP contribution in [-0.2, 0) is 19.6 Å². The smallest absolute Gasteiger partial charge is 0.243 e. The van der Waals surface area contributed by atoms with Gasteiger partial charge in [-0.1, -0.05) is 25.5 Å². The minimum atomic E-state index is -3.71. The van der Waals surface area contributed by atoms with Crippen LogP contribution in [0, 0.1) is 17.3 Å². The topological polar surface area (TPSA) is 95.9 Å². The summed E-state index contributed by atoms with van der Waals surface area (Å²) in [5.74, 6) is -0.476. The van der Waals surface area contributed by atoms with Gasteiger partial charge < -0.3 is 15.2 Å². The molecular weight excluding hydrogens is 380 g/mol. The lowest BCUT2D eigenvalue weighted by Gasteiger charge is -2.26. The molecule has 7 nitrogen and oxygen atoms in total. The maximum absolute atomic E-state index is 12.8. The number of hydrogen-bond acceptors (Lipinski definition) is 5. The summed E-state index contributed by atoms with van der Waals surface area (Å²) in [6.45, 7) is 9.31. The number of morpholine rings is 1. The van der Waals surface area contributed by atoms with Gasteiger partial charge in [-0.05, 0) is 43.4 Å². The van der Waals surface area contributed by atoms with Crippen molar-refractivity contribution in [2.75, 3.05) is 31.6 Å². The summed E-state index contributed by atoms with van der Waals surface area (Å²) in [5.41, 5.74) is 1.09. The van der Waals surface area contributed by atoms with Gasteiger partial charge in [-0.2, -0.15) is 4.31 Å². The van der Waals surface area contributed by atoms with Gasteiger partial charge in [0.05, 0.1) is 29.7 Å². The lowest BCUT2D eigenvalue weighted by molar-refractivity contribution is -0.118. The number of benzene rings is 1. The fraction of sp³-hybridized carbons (Fsp3) is 0.550. The van der Waals surface area contributed by atoms with Crippen molar-refractivity contribution in [1.82, 2.24) is 4.31 Å². The lowest BCUT2D eigenvalue weighted by atomic mass is 10.1. The molecule has 0 bridgehead atoms. The number of nitrogens with one attached hydrogen (secondary N) is 1. The first-order valence-corrected chi connectivity index (χ1v) is 10.9. The second kappa shape index (κ2) is 7.50. The van der Waals surface area contributed by atoms with E-state index in [-0.39, 0.29) is 52.6 Å². The number of amides is 1. The molecule has 3 rings (SSSR count). The Hall–Kier alpha value is -1.90. The van der Waals surface area contributed by atoms with E-state index in [0.717, 1.165) is 5.57 Å². The van der Waals surface area contributed by atoms with Gasteiger partial charge in [0, 0.05) is 13.1 Å². The maximum atomic E-state index is 12.8. The zero-order chi connectivity index (χ0) is 20.7. The normalized spacial score (nSPS) is 24.4. The van der Waals surface area contributed by atoms with Gasteiger partial charge in [0.25, 0.3) is 0 Å². The van der Waals surface area contributed by atoms with Gasteiger partial charge in [0.1, 0.15) is 5.75 Å². The number of allylic oxidation sites excluding steroid dienone is 2. The van der Waals surface area contributed by atoms with E-state index in [1.807, 2.05) is 27.7 Å². The monoisotopic (exact) mass is 408 g/mol. The summed E-state index contributed by atoms with van der Waals surface area (Å²) < 4.78 is 32.2. The number of anilines is 1. The number of nitrogens with zero attached hydrogens (tertiary/aromatic N) is 1. The molecule has 0 spiro atoms. The van der Waals surface area contributed by atoms with E-state index in [9.17, 15) is 18.3 Å². The Morgan fingerprint density at radius 3 is 2.54 bits per heavy atom. The van der Waals surface area contributed by atoms with Gasteiger partial charge >= 0.3 is 0 Å². The summed E-state index contributed by atoms with van der Waals surface area (Å²) >= 11 is 0. The molecule has 0 aromatic heterocycles. The predicted molar refractivity (Wildman–Crippen MR) is 107 cm³/mol. The number of phenols is 1. The quantitative estimate of drug-likeness (QED) is 0.577. The van der Waals surface area contributed by atoms with Crippen molar-refractivity contribution < 1.29 is 23.1 Å². The Balaban J connectivity index is 1.81. The van der Waals surface area contributed by atoms with Crippen LogP contribution in [0.5, 0.6) is 5.75 Å². The first-order chi connectivity index (χ1) is 13.0. The molecule has 1 amide bonds. The number of carbonyl (C=O) groups is 1. The average Bonchev–Trinajstić information content (AvgIpc) is 3.16. The third-order valence-corrected chi connectivity index (χ3v) is 7.43. The second-order valence-electron chi connectivity index (χ2n) is 8.25. The summed E-state index contributed by atoms with van der Waals surface area (Å²) in [6.07, 6.45) is 2.09. The van der Waals surface area contributed by atoms with Crippen molar-refractivity contribution in [2.45, 2.75) is 32.6 Å². The Morgan fingerprint density at radius 2 is 1.93 bits per heavy atom.